The van der Waals surface area contributed by atoms with Crippen molar-refractivity contribution in [1.29, 1.82) is 0 Å². The monoisotopic (exact) mass is 484 g/mol. The van der Waals surface area contributed by atoms with E-state index in [1.54, 1.807) is 0 Å². The fourth-order valence-electron chi connectivity index (χ4n) is 3.76. The molecule has 1 fully saturated rings. The third kappa shape index (κ3) is 4.39. The van der Waals surface area contributed by atoms with Crippen LogP contribution in [0.15, 0.2) is 30.3 Å². The number of carbonyl (C=O) groups is 3. The summed E-state index contributed by atoms with van der Waals surface area (Å²) in [5, 5.41) is 60.9. The summed E-state index contributed by atoms with van der Waals surface area (Å²) in [6, 6.07) is 5.60. The molecule has 0 saturated carbocycles. The normalized spacial score (nSPS) is 26.1. The Kier molecular flexibility index (Phi) is 7.75. The number of carboxylic acid groups (broad SMARTS) is 1. The van der Waals surface area contributed by atoms with Crippen LogP contribution >= 0.6 is 0 Å². The summed E-state index contributed by atoms with van der Waals surface area (Å²) in [6.45, 7) is -0.700. The molecule has 0 radical (unpaired) electrons. The number of rotatable bonds is 4. The fraction of sp³-hybridized carbons (Fsp3) is 0.286. The zero-order chi connectivity index (χ0) is 23.3. The van der Waals surface area contributed by atoms with E-state index in [1.807, 2.05) is 0 Å². The molecule has 2 aliphatic rings. The van der Waals surface area contributed by atoms with E-state index in [9.17, 15) is 39.9 Å². The van der Waals surface area contributed by atoms with Gasteiger partial charge in [0.2, 0.25) is 6.29 Å². The minimum atomic E-state index is -1.77. The van der Waals surface area contributed by atoms with Crippen LogP contribution in [0.1, 0.15) is 42.2 Å². The summed E-state index contributed by atoms with van der Waals surface area (Å²) in [5.41, 5.74) is -1.77. The van der Waals surface area contributed by atoms with Gasteiger partial charge in [0, 0.05) is 16.7 Å². The van der Waals surface area contributed by atoms with Crippen LogP contribution in [0, 0.1) is 0 Å². The number of aliphatic hydroxyl groups excluding tert-OH is 4. The average Bonchev–Trinajstić information content (AvgIpc) is 2.77. The molecule has 4 rings (SSSR count). The zero-order valence-electron chi connectivity index (χ0n) is 17.2. The molecule has 0 unspecified atom stereocenters. The third-order valence-electron chi connectivity index (χ3n) is 5.41. The summed E-state index contributed by atoms with van der Waals surface area (Å²) in [7, 11) is 0. The van der Waals surface area contributed by atoms with Gasteiger partial charge >= 0.3 is 57.4 Å². The Morgan fingerprint density at radius 3 is 2.33 bits per heavy atom. The molecule has 12 heteroatoms. The molecule has 1 aliphatic carbocycles. The second-order valence-corrected chi connectivity index (χ2v) is 7.35. The van der Waals surface area contributed by atoms with E-state index in [-0.39, 0.29) is 73.8 Å². The summed E-state index contributed by atoms with van der Waals surface area (Å²) in [5.74, 6) is -4.30. The first-order chi connectivity index (χ1) is 15.1. The number of ketones is 2. The van der Waals surface area contributed by atoms with E-state index in [4.69, 9.17) is 14.6 Å². The van der Waals surface area contributed by atoms with Crippen LogP contribution in [-0.2, 0) is 4.74 Å². The number of ether oxygens (including phenoxy) is 2. The zero-order valence-corrected chi connectivity index (χ0v) is 20.3. The summed E-state index contributed by atoms with van der Waals surface area (Å²) < 4.78 is 10.8. The number of carboxylic acids is 1. The Bertz CT molecular complexity index is 1130. The van der Waals surface area contributed by atoms with Gasteiger partial charge in [-0.25, -0.2) is 4.79 Å². The van der Waals surface area contributed by atoms with Crippen molar-refractivity contribution in [2.75, 3.05) is 6.61 Å². The molecule has 2 aromatic carbocycles. The molecule has 1 aliphatic heterocycles. The standard InChI is InChI=1S/C21H18O11.K/c22-6-12-16(25)18(27)19(28)21(32-12)31-11-3-1-2-8-14(11)17(26)13-9(15(8)24)4-7(20(29)30)5-10(13)23;/h1-5,12,16,18-19,21-23,25,27-28H,6H2,(H,29,30);/q;+1/p-1/t12-,16-,18+,19-,21-;/m1./s1. The molecule has 0 spiro atoms. The molecule has 5 atom stereocenters. The largest absolute Gasteiger partial charge is 1.00 e. The summed E-state index contributed by atoms with van der Waals surface area (Å²) in [4.78, 5) is 37.3. The number of aromatic carboxylic acids is 1. The predicted molar refractivity (Wildman–Crippen MR) is 101 cm³/mol. The van der Waals surface area contributed by atoms with Crippen LogP contribution in [0.3, 0.4) is 0 Å². The number of hydrogen-bond acceptors (Lipinski definition) is 10. The molecule has 0 amide bonds. The number of hydrogen-bond donors (Lipinski definition) is 5. The molecule has 2 aromatic rings. The van der Waals surface area contributed by atoms with E-state index in [0.29, 0.717) is 0 Å². The maximum Gasteiger partial charge on any atom is 1.00 e. The van der Waals surface area contributed by atoms with Gasteiger partial charge in [-0.05, 0) is 12.1 Å². The van der Waals surface area contributed by atoms with E-state index in [1.165, 1.54) is 18.2 Å². The van der Waals surface area contributed by atoms with E-state index >= 15 is 0 Å². The van der Waals surface area contributed by atoms with Gasteiger partial charge in [-0.2, -0.15) is 0 Å². The molecule has 11 nitrogen and oxygen atoms in total. The van der Waals surface area contributed by atoms with Crippen LogP contribution in [0.2, 0.25) is 0 Å². The second kappa shape index (κ2) is 9.88. The second-order valence-electron chi connectivity index (χ2n) is 7.35. The number of aliphatic hydroxyl groups is 4. The Morgan fingerprint density at radius 2 is 1.70 bits per heavy atom. The van der Waals surface area contributed by atoms with Crippen LogP contribution in [0.25, 0.3) is 0 Å². The minimum absolute atomic E-state index is 0. The van der Waals surface area contributed by atoms with Crippen molar-refractivity contribution in [2.45, 2.75) is 30.7 Å². The molecule has 0 bridgehead atoms. The molecule has 0 aromatic heterocycles. The molecule has 168 valence electrons. The van der Waals surface area contributed by atoms with Gasteiger partial charge in [-0.1, -0.05) is 23.9 Å². The first-order valence-corrected chi connectivity index (χ1v) is 9.43. The maximum absolute atomic E-state index is 13.1. The average molecular weight is 484 g/mol. The number of carbonyl (C=O) groups excluding carboxylic acids is 2. The molecular formula is C21H17KO11. The van der Waals surface area contributed by atoms with Gasteiger partial charge in [-0.3, -0.25) is 9.59 Å². The quantitative estimate of drug-likeness (QED) is 0.224. The van der Waals surface area contributed by atoms with Gasteiger partial charge in [0.25, 0.3) is 0 Å². The summed E-state index contributed by atoms with van der Waals surface area (Å²) >= 11 is 0. The smallest absolute Gasteiger partial charge is 0.872 e. The third-order valence-corrected chi connectivity index (χ3v) is 5.41. The van der Waals surface area contributed by atoms with Gasteiger partial charge in [0.15, 0.2) is 11.6 Å². The summed E-state index contributed by atoms with van der Waals surface area (Å²) in [6.07, 6.45) is -8.01. The van der Waals surface area contributed by atoms with Gasteiger partial charge in [0.1, 0.15) is 30.2 Å². The van der Waals surface area contributed by atoms with Crippen LogP contribution in [0.5, 0.6) is 11.5 Å². The van der Waals surface area contributed by atoms with E-state index < -0.39 is 71.7 Å². The molecule has 1 heterocycles. The maximum atomic E-state index is 13.1. The van der Waals surface area contributed by atoms with Crippen molar-refractivity contribution in [3.8, 4) is 11.5 Å². The van der Waals surface area contributed by atoms with Crippen molar-refractivity contribution in [2.24, 2.45) is 0 Å². The van der Waals surface area contributed by atoms with Crippen LogP contribution in [0.4, 0.5) is 0 Å². The first-order valence-electron chi connectivity index (χ1n) is 9.43. The van der Waals surface area contributed by atoms with Crippen molar-refractivity contribution >= 4 is 17.5 Å². The van der Waals surface area contributed by atoms with Crippen molar-refractivity contribution < 1.29 is 106 Å². The van der Waals surface area contributed by atoms with Crippen LogP contribution in [-0.4, -0.2) is 80.4 Å². The van der Waals surface area contributed by atoms with Gasteiger partial charge in [-0.15, -0.1) is 0 Å². The van der Waals surface area contributed by atoms with Crippen LogP contribution < -0.4 is 61.2 Å². The predicted octanol–water partition coefficient (Wildman–Crippen LogP) is -4.58. The van der Waals surface area contributed by atoms with Crippen molar-refractivity contribution in [1.82, 2.24) is 0 Å². The minimum Gasteiger partial charge on any atom is -0.872 e. The first kappa shape index (κ1) is 25.9. The molecule has 33 heavy (non-hydrogen) atoms. The Balaban J connectivity index is 0.00000306. The van der Waals surface area contributed by atoms with Crippen molar-refractivity contribution in [3.05, 3.63) is 58.1 Å². The number of benzene rings is 2. The Labute approximate surface area is 228 Å². The SMILES string of the molecule is O=C(O)c1cc([O-])c2c(c1)C(=O)c1cccc(O[C@@H]3O[C@H](CO)[C@@H](O)[C@H](O)[C@H]3O)c1C2=O.[K+]. The van der Waals surface area contributed by atoms with E-state index in [0.717, 1.165) is 12.1 Å². The number of fused-ring (bicyclic) bond motifs is 2. The van der Waals surface area contributed by atoms with Gasteiger partial charge < -0.3 is 40.1 Å². The van der Waals surface area contributed by atoms with Gasteiger partial charge in [0.05, 0.1) is 17.7 Å². The van der Waals surface area contributed by atoms with E-state index in [2.05, 4.69) is 0 Å². The molecule has 5 N–H and O–H groups in total. The molecule has 1 saturated heterocycles. The molecular weight excluding hydrogens is 467 g/mol. The Morgan fingerprint density at radius 1 is 1.00 bits per heavy atom. The Hall–Kier alpha value is -1.71. The van der Waals surface area contributed by atoms with Crippen molar-refractivity contribution in [3.63, 3.8) is 0 Å². The topological polar surface area (TPSA) is 194 Å². The fourth-order valence-corrected chi connectivity index (χ4v) is 3.76.